The van der Waals surface area contributed by atoms with E-state index >= 15 is 0 Å². The summed E-state index contributed by atoms with van der Waals surface area (Å²) in [6, 6.07) is 3.93. The summed E-state index contributed by atoms with van der Waals surface area (Å²) in [6.45, 7) is 2.97. The highest BCUT2D eigenvalue weighted by Crippen LogP contribution is 2.28. The minimum Gasteiger partial charge on any atom is -0.477 e. The Morgan fingerprint density at radius 1 is 1.45 bits per heavy atom. The van der Waals surface area contributed by atoms with Crippen molar-refractivity contribution in [1.29, 1.82) is 0 Å². The predicted octanol–water partition coefficient (Wildman–Crippen LogP) is 2.95. The van der Waals surface area contributed by atoms with Crippen LogP contribution in [0.5, 0.6) is 0 Å². The monoisotopic (exact) mass is 319 g/mol. The number of thiophene rings is 1. The number of aromatic carboxylic acids is 1. The molecule has 0 aromatic carbocycles. The molecular weight excluding hydrogens is 298 g/mol. The maximum absolute atomic E-state index is 11.0. The molecule has 1 unspecified atom stereocenters. The van der Waals surface area contributed by atoms with Gasteiger partial charge in [-0.25, -0.2) is 4.79 Å². The van der Waals surface area contributed by atoms with E-state index in [0.29, 0.717) is 10.8 Å². The summed E-state index contributed by atoms with van der Waals surface area (Å²) in [5.74, 6) is -0.252. The Morgan fingerprint density at radius 3 is 3.00 bits per heavy atom. The van der Waals surface area contributed by atoms with Crippen molar-refractivity contribution in [1.82, 2.24) is 14.7 Å². The van der Waals surface area contributed by atoms with Crippen LogP contribution in [0.2, 0.25) is 0 Å². The van der Waals surface area contributed by atoms with Gasteiger partial charge in [0.05, 0.1) is 0 Å². The third-order valence-corrected chi connectivity index (χ3v) is 5.34. The number of carboxylic acid groups (broad SMARTS) is 1. The number of rotatable bonds is 4. The van der Waals surface area contributed by atoms with Crippen LogP contribution in [0, 0.1) is 0 Å². The molecule has 1 aliphatic rings. The molecule has 1 saturated heterocycles. The summed E-state index contributed by atoms with van der Waals surface area (Å²) < 4.78 is 1.98. The van der Waals surface area contributed by atoms with Crippen molar-refractivity contribution in [3.63, 3.8) is 0 Å². The van der Waals surface area contributed by atoms with Crippen LogP contribution in [-0.2, 0) is 13.6 Å². The third-order valence-electron chi connectivity index (χ3n) is 4.37. The minimum atomic E-state index is -0.830. The number of likely N-dealkylation sites (tertiary alicyclic amines) is 1. The number of carbonyl (C=O) groups is 1. The lowest BCUT2D eigenvalue weighted by Crippen LogP contribution is -2.24. The molecule has 22 heavy (non-hydrogen) atoms. The van der Waals surface area contributed by atoms with E-state index in [9.17, 15) is 4.79 Å². The van der Waals surface area contributed by atoms with Crippen molar-refractivity contribution in [2.75, 3.05) is 13.1 Å². The molecule has 0 amide bonds. The molecule has 2 aromatic rings. The van der Waals surface area contributed by atoms with Gasteiger partial charge in [-0.15, -0.1) is 11.3 Å². The van der Waals surface area contributed by atoms with Gasteiger partial charge in [0.25, 0.3) is 0 Å². The molecule has 118 valence electrons. The van der Waals surface area contributed by atoms with Gasteiger partial charge < -0.3 is 5.11 Å². The molecule has 1 atom stereocenters. The largest absolute Gasteiger partial charge is 0.477 e. The molecule has 6 heteroatoms. The Kier molecular flexibility index (Phi) is 4.59. The SMILES string of the molecule is Cn1nccc1C1CCCN(Cc2csc(C(=O)O)c2)CC1. The first-order valence-electron chi connectivity index (χ1n) is 7.64. The van der Waals surface area contributed by atoms with Crippen molar-refractivity contribution in [2.45, 2.75) is 31.7 Å². The van der Waals surface area contributed by atoms with E-state index in [0.717, 1.165) is 31.6 Å². The molecule has 1 N–H and O–H groups in total. The summed E-state index contributed by atoms with van der Waals surface area (Å²) in [4.78, 5) is 13.8. The van der Waals surface area contributed by atoms with Crippen molar-refractivity contribution < 1.29 is 9.90 Å². The van der Waals surface area contributed by atoms with Crippen LogP contribution < -0.4 is 0 Å². The van der Waals surface area contributed by atoms with Gasteiger partial charge >= 0.3 is 5.97 Å². The van der Waals surface area contributed by atoms with Gasteiger partial charge in [0.15, 0.2) is 0 Å². The van der Waals surface area contributed by atoms with Crippen LogP contribution in [0.1, 0.15) is 46.1 Å². The Hall–Kier alpha value is -1.66. The lowest BCUT2D eigenvalue weighted by Gasteiger charge is -2.19. The Labute approximate surface area is 134 Å². The van der Waals surface area contributed by atoms with Gasteiger partial charge in [-0.2, -0.15) is 5.10 Å². The summed E-state index contributed by atoms with van der Waals surface area (Å²) in [5.41, 5.74) is 2.44. The van der Waals surface area contributed by atoms with Gasteiger partial charge in [-0.05, 0) is 55.4 Å². The second-order valence-electron chi connectivity index (χ2n) is 5.91. The summed E-state index contributed by atoms with van der Waals surface area (Å²) >= 11 is 1.31. The van der Waals surface area contributed by atoms with E-state index in [4.69, 9.17) is 5.11 Å². The Morgan fingerprint density at radius 2 is 2.32 bits per heavy atom. The zero-order valence-electron chi connectivity index (χ0n) is 12.7. The van der Waals surface area contributed by atoms with E-state index < -0.39 is 5.97 Å². The lowest BCUT2D eigenvalue weighted by molar-refractivity contribution is 0.0702. The number of hydrogen-bond donors (Lipinski definition) is 1. The van der Waals surface area contributed by atoms with Crippen LogP contribution in [0.3, 0.4) is 0 Å². The minimum absolute atomic E-state index is 0.428. The second kappa shape index (κ2) is 6.62. The standard InChI is InChI=1S/C16H21N3O2S/c1-18-14(4-6-17-18)13-3-2-7-19(8-5-13)10-12-9-15(16(20)21)22-11-12/h4,6,9,11,13H,2-3,5,7-8,10H2,1H3,(H,20,21). The first-order valence-corrected chi connectivity index (χ1v) is 8.52. The van der Waals surface area contributed by atoms with Crippen molar-refractivity contribution in [3.05, 3.63) is 39.8 Å². The van der Waals surface area contributed by atoms with E-state index in [2.05, 4.69) is 16.1 Å². The molecule has 5 nitrogen and oxygen atoms in total. The highest BCUT2D eigenvalue weighted by atomic mass is 32.1. The number of aromatic nitrogens is 2. The second-order valence-corrected chi connectivity index (χ2v) is 6.82. The first-order chi connectivity index (χ1) is 10.6. The molecule has 1 fully saturated rings. The van der Waals surface area contributed by atoms with E-state index in [1.807, 2.05) is 23.3 Å². The summed E-state index contributed by atoms with van der Waals surface area (Å²) in [7, 11) is 2.01. The zero-order valence-corrected chi connectivity index (χ0v) is 13.6. The van der Waals surface area contributed by atoms with Crippen LogP contribution in [0.15, 0.2) is 23.7 Å². The van der Waals surface area contributed by atoms with E-state index in [-0.39, 0.29) is 0 Å². The molecule has 1 aliphatic heterocycles. The average Bonchev–Trinajstić information content (AvgIpc) is 3.05. The smallest absolute Gasteiger partial charge is 0.345 e. The van der Waals surface area contributed by atoms with Crippen LogP contribution >= 0.6 is 11.3 Å². The predicted molar refractivity (Wildman–Crippen MR) is 86.4 cm³/mol. The fraction of sp³-hybridized carbons (Fsp3) is 0.500. The molecule has 0 spiro atoms. The van der Waals surface area contributed by atoms with Crippen LogP contribution in [-0.4, -0.2) is 38.8 Å². The third kappa shape index (κ3) is 3.39. The maximum Gasteiger partial charge on any atom is 0.345 e. The summed E-state index contributed by atoms with van der Waals surface area (Å²) in [6.07, 6.45) is 5.37. The molecule has 0 aliphatic carbocycles. The topological polar surface area (TPSA) is 58.4 Å². The van der Waals surface area contributed by atoms with Gasteiger partial charge in [0, 0.05) is 31.4 Å². The quantitative estimate of drug-likeness (QED) is 0.941. The molecule has 0 saturated carbocycles. The number of nitrogens with zero attached hydrogens (tertiary/aromatic N) is 3. The highest BCUT2D eigenvalue weighted by molar-refractivity contribution is 7.12. The van der Waals surface area contributed by atoms with E-state index in [1.165, 1.54) is 29.9 Å². The first kappa shape index (κ1) is 15.2. The Bertz CT molecular complexity index is 649. The molecule has 2 aromatic heterocycles. The van der Waals surface area contributed by atoms with Crippen molar-refractivity contribution >= 4 is 17.3 Å². The Balaban J connectivity index is 1.60. The molecule has 0 radical (unpaired) electrons. The van der Waals surface area contributed by atoms with Crippen LogP contribution in [0.4, 0.5) is 0 Å². The molecule has 0 bridgehead atoms. The van der Waals surface area contributed by atoms with E-state index in [1.54, 1.807) is 6.07 Å². The number of carboxylic acids is 1. The van der Waals surface area contributed by atoms with Crippen molar-refractivity contribution in [2.24, 2.45) is 7.05 Å². The molecular formula is C16H21N3O2S. The summed E-state index contributed by atoms with van der Waals surface area (Å²) in [5, 5.41) is 15.2. The van der Waals surface area contributed by atoms with Gasteiger partial charge in [0.2, 0.25) is 0 Å². The van der Waals surface area contributed by atoms with Gasteiger partial charge in [-0.3, -0.25) is 9.58 Å². The van der Waals surface area contributed by atoms with Crippen LogP contribution in [0.25, 0.3) is 0 Å². The van der Waals surface area contributed by atoms with Crippen molar-refractivity contribution in [3.8, 4) is 0 Å². The average molecular weight is 319 g/mol. The van der Waals surface area contributed by atoms with Gasteiger partial charge in [-0.1, -0.05) is 0 Å². The molecule has 3 rings (SSSR count). The number of hydrogen-bond acceptors (Lipinski definition) is 4. The maximum atomic E-state index is 11.0. The molecule has 3 heterocycles. The highest BCUT2D eigenvalue weighted by Gasteiger charge is 2.21. The number of aryl methyl sites for hydroxylation is 1. The fourth-order valence-corrected chi connectivity index (χ4v) is 3.96. The zero-order chi connectivity index (χ0) is 15.5. The van der Waals surface area contributed by atoms with Gasteiger partial charge in [0.1, 0.15) is 4.88 Å². The normalized spacial score (nSPS) is 20.0. The lowest BCUT2D eigenvalue weighted by atomic mass is 9.97. The fourth-order valence-electron chi connectivity index (χ4n) is 3.22.